The van der Waals surface area contributed by atoms with E-state index in [9.17, 15) is 8.42 Å². The van der Waals surface area contributed by atoms with E-state index in [1.54, 1.807) is 74.9 Å². The van der Waals surface area contributed by atoms with Crippen LogP contribution in [0.2, 0.25) is 0 Å². The molecule has 0 amide bonds. The number of hydrogen-bond donors (Lipinski definition) is 0. The molecule has 2 aromatic carbocycles. The summed E-state index contributed by atoms with van der Waals surface area (Å²) >= 11 is 0. The van der Waals surface area contributed by atoms with Crippen molar-refractivity contribution < 1.29 is 26.8 Å². The number of furan rings is 1. The predicted octanol–water partition coefficient (Wildman–Crippen LogP) is 4.34. The Labute approximate surface area is 186 Å². The van der Waals surface area contributed by atoms with Gasteiger partial charge in [-0.25, -0.2) is 8.42 Å². The van der Waals surface area contributed by atoms with Crippen LogP contribution in [0, 0.1) is 0 Å². The van der Waals surface area contributed by atoms with Crippen molar-refractivity contribution in [2.75, 3.05) is 14.2 Å². The van der Waals surface area contributed by atoms with Crippen LogP contribution in [0.1, 0.15) is 11.5 Å². The Kier molecular flexibility index (Phi) is 6.29. The lowest BCUT2D eigenvalue weighted by Gasteiger charge is -2.20. The Morgan fingerprint density at radius 1 is 0.906 bits per heavy atom. The van der Waals surface area contributed by atoms with Crippen LogP contribution in [0.25, 0.3) is 11.3 Å². The third-order valence-corrected chi connectivity index (χ3v) is 6.66. The highest BCUT2D eigenvalue weighted by molar-refractivity contribution is 7.89. The first-order valence-corrected chi connectivity index (χ1v) is 11.2. The summed E-state index contributed by atoms with van der Waals surface area (Å²) in [6, 6.07) is 18.7. The van der Waals surface area contributed by atoms with E-state index in [0.717, 1.165) is 5.56 Å². The molecule has 2 aromatic heterocycles. The summed E-state index contributed by atoms with van der Waals surface area (Å²) in [5.74, 6) is 2.15. The van der Waals surface area contributed by atoms with E-state index in [1.807, 2.05) is 6.07 Å². The van der Waals surface area contributed by atoms with E-state index < -0.39 is 10.0 Å². The molecular formula is C23H22N2O6S. The van der Waals surface area contributed by atoms with Gasteiger partial charge < -0.3 is 18.4 Å². The lowest BCUT2D eigenvalue weighted by Crippen LogP contribution is -2.30. The summed E-state index contributed by atoms with van der Waals surface area (Å²) in [6.07, 6.45) is 1.51. The number of nitrogens with zero attached hydrogens (tertiary/aromatic N) is 2. The van der Waals surface area contributed by atoms with Gasteiger partial charge >= 0.3 is 0 Å². The summed E-state index contributed by atoms with van der Waals surface area (Å²) in [5, 5.41) is 4.08. The van der Waals surface area contributed by atoms with Gasteiger partial charge in [0, 0.05) is 11.6 Å². The van der Waals surface area contributed by atoms with Gasteiger partial charge in [-0.3, -0.25) is 0 Å². The van der Waals surface area contributed by atoms with Crippen LogP contribution in [0.4, 0.5) is 0 Å². The lowest BCUT2D eigenvalue weighted by atomic mass is 10.1. The highest BCUT2D eigenvalue weighted by Crippen LogP contribution is 2.33. The van der Waals surface area contributed by atoms with Crippen molar-refractivity contribution in [2.45, 2.75) is 18.0 Å². The maximum Gasteiger partial charge on any atom is 0.243 e. The summed E-state index contributed by atoms with van der Waals surface area (Å²) in [7, 11) is -0.685. The van der Waals surface area contributed by atoms with Crippen LogP contribution < -0.4 is 9.47 Å². The van der Waals surface area contributed by atoms with Gasteiger partial charge in [-0.15, -0.1) is 0 Å². The minimum Gasteiger partial charge on any atom is -0.493 e. The number of rotatable bonds is 9. The molecule has 32 heavy (non-hydrogen) atoms. The first kappa shape index (κ1) is 21.7. The Bertz CT molecular complexity index is 1270. The zero-order valence-corrected chi connectivity index (χ0v) is 18.4. The highest BCUT2D eigenvalue weighted by Gasteiger charge is 2.27. The van der Waals surface area contributed by atoms with Crippen LogP contribution in [0.3, 0.4) is 0 Å². The van der Waals surface area contributed by atoms with Crippen molar-refractivity contribution in [3.63, 3.8) is 0 Å². The van der Waals surface area contributed by atoms with Gasteiger partial charge in [0.15, 0.2) is 17.3 Å². The fourth-order valence-electron chi connectivity index (χ4n) is 3.24. The Balaban J connectivity index is 1.63. The summed E-state index contributed by atoms with van der Waals surface area (Å²) in [6.45, 7) is 0.0670. The van der Waals surface area contributed by atoms with Gasteiger partial charge in [-0.1, -0.05) is 23.4 Å². The van der Waals surface area contributed by atoms with E-state index in [2.05, 4.69) is 5.16 Å². The largest absolute Gasteiger partial charge is 0.493 e. The lowest BCUT2D eigenvalue weighted by molar-refractivity contribution is 0.343. The standard InChI is InChI=1S/C23H22N2O6S/c1-28-21-11-10-17(13-23(21)29-2)22-14-18(24-31-22)15-25(16-19-7-6-12-30-19)32(26,27)20-8-4-3-5-9-20/h3-14H,15-16H2,1-2H3. The van der Waals surface area contributed by atoms with E-state index in [4.69, 9.17) is 18.4 Å². The number of aromatic nitrogens is 1. The second-order valence-electron chi connectivity index (χ2n) is 6.92. The molecule has 0 unspecified atom stereocenters. The molecule has 0 atom stereocenters. The molecule has 166 valence electrons. The van der Waals surface area contributed by atoms with Crippen molar-refractivity contribution in [2.24, 2.45) is 0 Å². The molecule has 0 saturated heterocycles. The van der Waals surface area contributed by atoms with Crippen LogP contribution in [0.15, 0.2) is 86.8 Å². The average molecular weight is 455 g/mol. The summed E-state index contributed by atoms with van der Waals surface area (Å²) in [4.78, 5) is 0.190. The molecule has 0 radical (unpaired) electrons. The molecule has 4 rings (SSSR count). The number of benzene rings is 2. The van der Waals surface area contributed by atoms with Gasteiger partial charge in [-0.05, 0) is 42.5 Å². The monoisotopic (exact) mass is 454 g/mol. The number of sulfonamides is 1. The van der Waals surface area contributed by atoms with Crippen molar-refractivity contribution in [3.05, 3.63) is 84.4 Å². The maximum atomic E-state index is 13.3. The zero-order chi connectivity index (χ0) is 22.6. The topological polar surface area (TPSA) is 95.0 Å². The normalized spacial score (nSPS) is 11.6. The molecular weight excluding hydrogens is 432 g/mol. The zero-order valence-electron chi connectivity index (χ0n) is 17.6. The molecule has 0 spiro atoms. The molecule has 0 aliphatic carbocycles. The molecule has 0 saturated carbocycles. The molecule has 4 aromatic rings. The summed E-state index contributed by atoms with van der Waals surface area (Å²) < 4.78 is 49.3. The van der Waals surface area contributed by atoms with Crippen molar-refractivity contribution in [1.82, 2.24) is 9.46 Å². The highest BCUT2D eigenvalue weighted by atomic mass is 32.2. The molecule has 2 heterocycles. The molecule has 9 heteroatoms. The van der Waals surface area contributed by atoms with Crippen molar-refractivity contribution in [3.8, 4) is 22.8 Å². The van der Waals surface area contributed by atoms with E-state index in [-0.39, 0.29) is 18.0 Å². The fraction of sp³-hybridized carbons (Fsp3) is 0.174. The van der Waals surface area contributed by atoms with Crippen LogP contribution in [0.5, 0.6) is 11.5 Å². The van der Waals surface area contributed by atoms with Gasteiger partial charge in [-0.2, -0.15) is 4.31 Å². The first-order chi connectivity index (χ1) is 15.5. The van der Waals surface area contributed by atoms with E-state index >= 15 is 0 Å². The third kappa shape index (κ3) is 4.53. The SMILES string of the molecule is COc1ccc(-c2cc(CN(Cc3ccco3)S(=O)(=O)c3ccccc3)no2)cc1OC. The predicted molar refractivity (Wildman–Crippen MR) is 117 cm³/mol. The van der Waals surface area contributed by atoms with Crippen LogP contribution in [-0.2, 0) is 23.1 Å². The molecule has 0 N–H and O–H groups in total. The van der Waals surface area contributed by atoms with Gasteiger partial charge in [0.05, 0.1) is 44.2 Å². The van der Waals surface area contributed by atoms with E-state index in [1.165, 1.54) is 10.6 Å². The van der Waals surface area contributed by atoms with Gasteiger partial charge in [0.25, 0.3) is 0 Å². The molecule has 0 bridgehead atoms. The third-order valence-electron chi connectivity index (χ3n) is 4.86. The van der Waals surface area contributed by atoms with Crippen molar-refractivity contribution in [1.29, 1.82) is 0 Å². The average Bonchev–Trinajstić information content (AvgIpc) is 3.51. The molecule has 8 nitrogen and oxygen atoms in total. The quantitative estimate of drug-likeness (QED) is 0.371. The van der Waals surface area contributed by atoms with Crippen molar-refractivity contribution >= 4 is 10.0 Å². The minimum absolute atomic E-state index is 0.00865. The first-order valence-electron chi connectivity index (χ1n) is 9.77. The minimum atomic E-state index is -3.80. The Hall–Kier alpha value is -3.56. The van der Waals surface area contributed by atoms with Gasteiger partial charge in [0.2, 0.25) is 10.0 Å². The maximum absolute atomic E-state index is 13.3. The van der Waals surface area contributed by atoms with Gasteiger partial charge in [0.1, 0.15) is 5.76 Å². The second-order valence-corrected chi connectivity index (χ2v) is 8.86. The van der Waals surface area contributed by atoms with Crippen LogP contribution in [-0.4, -0.2) is 32.1 Å². The smallest absolute Gasteiger partial charge is 0.243 e. The number of hydrogen-bond acceptors (Lipinski definition) is 7. The van der Waals surface area contributed by atoms with E-state index in [0.29, 0.717) is 28.7 Å². The van der Waals surface area contributed by atoms with Crippen LogP contribution >= 0.6 is 0 Å². The fourth-order valence-corrected chi connectivity index (χ4v) is 4.63. The Morgan fingerprint density at radius 3 is 2.38 bits per heavy atom. The molecule has 0 fully saturated rings. The molecule has 0 aliphatic heterocycles. The number of ether oxygens (including phenoxy) is 2. The Morgan fingerprint density at radius 2 is 1.69 bits per heavy atom. The summed E-state index contributed by atoms with van der Waals surface area (Å²) in [5.41, 5.74) is 1.19. The number of methoxy groups -OCH3 is 2. The second kappa shape index (κ2) is 9.29. The molecule has 0 aliphatic rings.